The average Bonchev–Trinajstić information content (AvgIpc) is 3.02. The molecule has 2 aromatic heterocycles. The molecule has 0 unspecified atom stereocenters. The van der Waals surface area contributed by atoms with E-state index in [2.05, 4.69) is 24.0 Å². The van der Waals surface area contributed by atoms with Crippen molar-refractivity contribution in [3.8, 4) is 16.9 Å². The Morgan fingerprint density at radius 3 is 2.64 bits per heavy atom. The van der Waals surface area contributed by atoms with Crippen molar-refractivity contribution in [1.29, 1.82) is 0 Å². The van der Waals surface area contributed by atoms with Gasteiger partial charge in [0.05, 0.1) is 6.61 Å². The van der Waals surface area contributed by atoms with E-state index in [0.717, 1.165) is 35.2 Å². The molecular weight excluding hydrogens is 316 g/mol. The van der Waals surface area contributed by atoms with E-state index in [1.54, 1.807) is 12.4 Å². The third-order valence-corrected chi connectivity index (χ3v) is 3.97. The highest BCUT2D eigenvalue weighted by molar-refractivity contribution is 5.90. The van der Waals surface area contributed by atoms with Crippen LogP contribution < -0.4 is 10.5 Å². The van der Waals surface area contributed by atoms with Crippen molar-refractivity contribution in [2.45, 2.75) is 6.42 Å². The minimum absolute atomic E-state index is 0.536. The molecular formula is C19H22N4O2. The number of aromatic nitrogens is 2. The Morgan fingerprint density at radius 2 is 1.96 bits per heavy atom. The first kappa shape index (κ1) is 17.0. The molecule has 0 saturated heterocycles. The zero-order chi connectivity index (χ0) is 17.8. The molecule has 0 aliphatic rings. The Bertz CT molecular complexity index is 869. The van der Waals surface area contributed by atoms with E-state index >= 15 is 0 Å². The van der Waals surface area contributed by atoms with Crippen molar-refractivity contribution in [3.63, 3.8) is 0 Å². The van der Waals surface area contributed by atoms with Crippen LogP contribution in [0.15, 0.2) is 48.8 Å². The second kappa shape index (κ2) is 7.36. The summed E-state index contributed by atoms with van der Waals surface area (Å²) in [6, 6.07) is 11.2. The molecule has 2 N–H and O–H groups in total. The van der Waals surface area contributed by atoms with E-state index in [0.29, 0.717) is 12.3 Å². The van der Waals surface area contributed by atoms with Crippen LogP contribution in [0.3, 0.4) is 0 Å². The Balaban J connectivity index is 1.71. The minimum atomic E-state index is -0.536. The number of carbonyl (C=O) groups is 1. The van der Waals surface area contributed by atoms with Gasteiger partial charge >= 0.3 is 6.03 Å². The molecule has 3 rings (SSSR count). The van der Waals surface area contributed by atoms with Gasteiger partial charge in [0.15, 0.2) is 0 Å². The summed E-state index contributed by atoms with van der Waals surface area (Å²) in [6.45, 7) is 1.71. The Hall–Kier alpha value is -2.86. The largest absolute Gasteiger partial charge is 0.494 e. The third kappa shape index (κ3) is 3.97. The van der Waals surface area contributed by atoms with Crippen LogP contribution in [0.1, 0.15) is 6.42 Å². The number of hydrogen-bond acceptors (Lipinski definition) is 4. The fourth-order valence-corrected chi connectivity index (χ4v) is 2.67. The number of primary amides is 1. The number of amides is 1. The lowest BCUT2D eigenvalue weighted by molar-refractivity contribution is 0.251. The molecule has 0 bridgehead atoms. The Kier molecular flexibility index (Phi) is 5.00. The van der Waals surface area contributed by atoms with E-state index in [-0.39, 0.29) is 0 Å². The molecule has 6 heteroatoms. The number of benzene rings is 1. The first-order chi connectivity index (χ1) is 12.0. The number of nitrogens with zero attached hydrogens (tertiary/aromatic N) is 3. The van der Waals surface area contributed by atoms with Crippen molar-refractivity contribution in [3.05, 3.63) is 48.8 Å². The van der Waals surface area contributed by atoms with Crippen molar-refractivity contribution >= 4 is 17.1 Å². The number of fused-ring (bicyclic) bond motifs is 1. The van der Waals surface area contributed by atoms with Gasteiger partial charge in [0, 0.05) is 29.9 Å². The standard InChI is InChI=1S/C19H22N4O2/c1-22(2)9-3-11-25-17-6-4-14(5-7-17)16-12-15-8-10-23(19(20)24)18(15)21-13-16/h4-8,10,12-13H,3,9,11H2,1-2H3,(H2,20,24). The van der Waals surface area contributed by atoms with Gasteiger partial charge < -0.3 is 15.4 Å². The van der Waals surface area contributed by atoms with Crippen LogP contribution in [0.5, 0.6) is 5.75 Å². The quantitative estimate of drug-likeness (QED) is 0.701. The highest BCUT2D eigenvalue weighted by Gasteiger charge is 2.08. The van der Waals surface area contributed by atoms with Gasteiger partial charge in [0.25, 0.3) is 0 Å². The highest BCUT2D eigenvalue weighted by atomic mass is 16.5. The van der Waals surface area contributed by atoms with Gasteiger partial charge in [-0.05, 0) is 50.3 Å². The lowest BCUT2D eigenvalue weighted by Gasteiger charge is -2.10. The summed E-state index contributed by atoms with van der Waals surface area (Å²) in [5.41, 5.74) is 7.91. The molecule has 6 nitrogen and oxygen atoms in total. The van der Waals surface area contributed by atoms with Crippen LogP contribution in [0.4, 0.5) is 4.79 Å². The summed E-state index contributed by atoms with van der Waals surface area (Å²) < 4.78 is 7.09. The van der Waals surface area contributed by atoms with E-state index in [1.807, 2.05) is 36.4 Å². The van der Waals surface area contributed by atoms with Crippen LogP contribution in [-0.2, 0) is 0 Å². The average molecular weight is 338 g/mol. The van der Waals surface area contributed by atoms with Crippen LogP contribution in [-0.4, -0.2) is 47.7 Å². The summed E-state index contributed by atoms with van der Waals surface area (Å²) in [6.07, 6.45) is 4.37. The molecule has 0 saturated carbocycles. The summed E-state index contributed by atoms with van der Waals surface area (Å²) in [5.74, 6) is 0.858. The molecule has 130 valence electrons. The number of pyridine rings is 1. The lowest BCUT2D eigenvalue weighted by Crippen LogP contribution is -2.18. The normalized spacial score (nSPS) is 11.2. The van der Waals surface area contributed by atoms with Gasteiger partial charge in [-0.3, -0.25) is 4.57 Å². The molecule has 2 heterocycles. The van der Waals surface area contributed by atoms with E-state index in [9.17, 15) is 4.79 Å². The molecule has 0 fully saturated rings. The zero-order valence-corrected chi connectivity index (χ0v) is 14.5. The van der Waals surface area contributed by atoms with Crippen molar-refractivity contribution in [1.82, 2.24) is 14.5 Å². The second-order valence-electron chi connectivity index (χ2n) is 6.19. The maximum atomic E-state index is 11.3. The Labute approximate surface area is 146 Å². The lowest BCUT2D eigenvalue weighted by atomic mass is 10.1. The Morgan fingerprint density at radius 1 is 1.20 bits per heavy atom. The molecule has 0 aliphatic carbocycles. The van der Waals surface area contributed by atoms with Crippen LogP contribution in [0.25, 0.3) is 22.2 Å². The van der Waals surface area contributed by atoms with Gasteiger partial charge in [0.2, 0.25) is 0 Å². The predicted octanol–water partition coefficient (Wildman–Crippen LogP) is 2.96. The number of hydrogen-bond donors (Lipinski definition) is 1. The zero-order valence-electron chi connectivity index (χ0n) is 14.5. The van der Waals surface area contributed by atoms with Gasteiger partial charge in [0.1, 0.15) is 11.4 Å². The smallest absolute Gasteiger partial charge is 0.324 e. The fourth-order valence-electron chi connectivity index (χ4n) is 2.67. The van der Waals surface area contributed by atoms with E-state index < -0.39 is 6.03 Å². The monoisotopic (exact) mass is 338 g/mol. The van der Waals surface area contributed by atoms with Crippen LogP contribution in [0.2, 0.25) is 0 Å². The van der Waals surface area contributed by atoms with Gasteiger partial charge in [-0.25, -0.2) is 9.78 Å². The van der Waals surface area contributed by atoms with Gasteiger partial charge in [-0.2, -0.15) is 0 Å². The molecule has 0 spiro atoms. The summed E-state index contributed by atoms with van der Waals surface area (Å²) in [5, 5.41) is 0.875. The first-order valence-corrected chi connectivity index (χ1v) is 8.19. The van der Waals surface area contributed by atoms with Gasteiger partial charge in [-0.1, -0.05) is 12.1 Å². The van der Waals surface area contributed by atoms with Crippen LogP contribution in [0, 0.1) is 0 Å². The summed E-state index contributed by atoms with van der Waals surface area (Å²) in [4.78, 5) is 17.8. The highest BCUT2D eigenvalue weighted by Crippen LogP contribution is 2.25. The molecule has 0 radical (unpaired) electrons. The van der Waals surface area contributed by atoms with E-state index in [4.69, 9.17) is 10.5 Å². The van der Waals surface area contributed by atoms with Crippen LogP contribution >= 0.6 is 0 Å². The van der Waals surface area contributed by atoms with Gasteiger partial charge in [-0.15, -0.1) is 0 Å². The van der Waals surface area contributed by atoms with E-state index in [1.165, 1.54) is 4.57 Å². The minimum Gasteiger partial charge on any atom is -0.494 e. The van der Waals surface area contributed by atoms with Crippen molar-refractivity contribution in [2.75, 3.05) is 27.2 Å². The van der Waals surface area contributed by atoms with Crippen molar-refractivity contribution in [2.24, 2.45) is 5.73 Å². The predicted molar refractivity (Wildman–Crippen MR) is 98.8 cm³/mol. The maximum absolute atomic E-state index is 11.3. The maximum Gasteiger partial charge on any atom is 0.324 e. The number of nitrogens with two attached hydrogens (primary N) is 1. The molecule has 25 heavy (non-hydrogen) atoms. The second-order valence-corrected chi connectivity index (χ2v) is 6.19. The molecule has 0 aliphatic heterocycles. The third-order valence-electron chi connectivity index (χ3n) is 3.97. The fraction of sp³-hybridized carbons (Fsp3) is 0.263. The molecule has 1 aromatic carbocycles. The number of ether oxygens (including phenoxy) is 1. The van der Waals surface area contributed by atoms with Crippen molar-refractivity contribution < 1.29 is 9.53 Å². The molecule has 0 atom stereocenters. The number of rotatable bonds is 6. The SMILES string of the molecule is CN(C)CCCOc1ccc(-c2cnc3c(ccn3C(N)=O)c2)cc1. The first-order valence-electron chi connectivity index (χ1n) is 8.19. The number of carbonyl (C=O) groups excluding carboxylic acids is 1. The molecule has 3 aromatic rings. The summed E-state index contributed by atoms with van der Waals surface area (Å²) >= 11 is 0. The topological polar surface area (TPSA) is 73.4 Å². The molecule has 1 amide bonds. The summed E-state index contributed by atoms with van der Waals surface area (Å²) in [7, 11) is 4.11.